The molecule has 1 fully saturated rings. The molecule has 1 aliphatic rings. The van der Waals surface area contributed by atoms with Gasteiger partial charge in [0.1, 0.15) is 5.78 Å². The molecule has 4 atom stereocenters. The van der Waals surface area contributed by atoms with Crippen LogP contribution in [-0.2, 0) is 4.79 Å². The van der Waals surface area contributed by atoms with Gasteiger partial charge in [-0.25, -0.2) is 0 Å². The van der Waals surface area contributed by atoms with Crippen molar-refractivity contribution in [2.45, 2.75) is 31.5 Å². The van der Waals surface area contributed by atoms with Crippen LogP contribution in [0.5, 0.6) is 0 Å². The first-order valence-electron chi connectivity index (χ1n) is 8.18. The summed E-state index contributed by atoms with van der Waals surface area (Å²) >= 11 is 0. The van der Waals surface area contributed by atoms with E-state index in [-0.39, 0.29) is 5.78 Å². The van der Waals surface area contributed by atoms with E-state index in [1.54, 1.807) is 0 Å². The topological polar surface area (TPSA) is 57.5 Å². The minimum Gasteiger partial charge on any atom is -0.388 e. The first-order chi connectivity index (χ1) is 11.2. The second-order valence-corrected chi connectivity index (χ2v) is 6.26. The van der Waals surface area contributed by atoms with E-state index in [0.717, 1.165) is 17.5 Å². The number of carbonyl (C=O) groups is 1. The Balaban J connectivity index is 1.79. The lowest BCUT2D eigenvalue weighted by Crippen LogP contribution is -2.35. The molecule has 1 aliphatic carbocycles. The van der Waals surface area contributed by atoms with Crippen molar-refractivity contribution in [1.29, 1.82) is 0 Å². The third kappa shape index (κ3) is 3.36. The molecule has 2 N–H and O–H groups in total. The lowest BCUT2D eigenvalue weighted by Gasteiger charge is -2.33. The van der Waals surface area contributed by atoms with Gasteiger partial charge in [0.25, 0.3) is 0 Å². The van der Waals surface area contributed by atoms with Crippen LogP contribution in [-0.4, -0.2) is 16.0 Å². The number of Topliss-reactive ketones (excluding diaryl/α,β-unsaturated/α-hetero) is 1. The molecule has 0 heterocycles. The molecule has 4 unspecified atom stereocenters. The number of benzene rings is 2. The van der Waals surface area contributed by atoms with Crippen molar-refractivity contribution in [3.63, 3.8) is 0 Å². The normalized spacial score (nSPS) is 24.2. The van der Waals surface area contributed by atoms with E-state index >= 15 is 0 Å². The van der Waals surface area contributed by atoms with Crippen molar-refractivity contribution in [3.05, 3.63) is 71.8 Å². The number of carbonyl (C=O) groups excluding carboxylic acids is 1. The quantitative estimate of drug-likeness (QED) is 0.909. The standard InChI is InChI=1S/C20H22O3/c21-18(14-8-3-1-4-9-14)16-12-7-13-17(20(16)23)19(22)15-10-5-2-6-11-15/h1-6,8-11,16-19,21-22H,7,12-13H2. The van der Waals surface area contributed by atoms with E-state index in [9.17, 15) is 15.0 Å². The summed E-state index contributed by atoms with van der Waals surface area (Å²) in [6.07, 6.45) is 0.596. The van der Waals surface area contributed by atoms with E-state index in [1.807, 2.05) is 60.7 Å². The van der Waals surface area contributed by atoms with Crippen molar-refractivity contribution in [2.24, 2.45) is 11.8 Å². The third-order valence-electron chi connectivity index (χ3n) is 4.81. The molecule has 0 bridgehead atoms. The van der Waals surface area contributed by atoms with Crippen LogP contribution in [0.3, 0.4) is 0 Å². The Morgan fingerprint density at radius 1 is 0.739 bits per heavy atom. The van der Waals surface area contributed by atoms with Crippen molar-refractivity contribution < 1.29 is 15.0 Å². The van der Waals surface area contributed by atoms with Crippen molar-refractivity contribution in [3.8, 4) is 0 Å². The van der Waals surface area contributed by atoms with Gasteiger partial charge in [0, 0.05) is 11.8 Å². The summed E-state index contributed by atoms with van der Waals surface area (Å²) < 4.78 is 0. The van der Waals surface area contributed by atoms with Crippen LogP contribution in [0.1, 0.15) is 42.6 Å². The van der Waals surface area contributed by atoms with Crippen LogP contribution in [0, 0.1) is 11.8 Å². The summed E-state index contributed by atoms with van der Waals surface area (Å²) in [4.78, 5) is 12.8. The minimum absolute atomic E-state index is 0.0241. The number of aliphatic hydroxyl groups excluding tert-OH is 2. The summed E-state index contributed by atoms with van der Waals surface area (Å²) in [5.74, 6) is -0.895. The van der Waals surface area contributed by atoms with Gasteiger partial charge in [0.15, 0.2) is 0 Å². The Labute approximate surface area is 136 Å². The zero-order chi connectivity index (χ0) is 16.2. The van der Waals surface area contributed by atoms with Crippen LogP contribution in [0.2, 0.25) is 0 Å². The molecule has 2 aromatic carbocycles. The SMILES string of the molecule is O=C1C(C(O)c2ccccc2)CCCC1C(O)c1ccccc1. The number of ketones is 1. The van der Waals surface area contributed by atoms with Gasteiger partial charge in [-0.3, -0.25) is 4.79 Å². The van der Waals surface area contributed by atoms with Crippen LogP contribution in [0.25, 0.3) is 0 Å². The highest BCUT2D eigenvalue weighted by molar-refractivity contribution is 5.85. The van der Waals surface area contributed by atoms with Gasteiger partial charge in [0.05, 0.1) is 12.2 Å². The molecular weight excluding hydrogens is 288 g/mol. The summed E-state index contributed by atoms with van der Waals surface area (Å²) in [6, 6.07) is 18.6. The molecule has 0 radical (unpaired) electrons. The van der Waals surface area contributed by atoms with Crippen LogP contribution < -0.4 is 0 Å². The van der Waals surface area contributed by atoms with Crippen molar-refractivity contribution in [2.75, 3.05) is 0 Å². The fourth-order valence-corrected chi connectivity index (χ4v) is 3.51. The molecule has 0 saturated heterocycles. The molecule has 3 heteroatoms. The fraction of sp³-hybridized carbons (Fsp3) is 0.350. The monoisotopic (exact) mass is 310 g/mol. The average Bonchev–Trinajstić information content (AvgIpc) is 2.62. The molecule has 1 saturated carbocycles. The van der Waals surface area contributed by atoms with Crippen molar-refractivity contribution >= 4 is 5.78 Å². The van der Waals surface area contributed by atoms with Crippen LogP contribution in [0.15, 0.2) is 60.7 Å². The van der Waals surface area contributed by atoms with E-state index < -0.39 is 24.0 Å². The first-order valence-corrected chi connectivity index (χ1v) is 8.18. The van der Waals surface area contributed by atoms with E-state index in [0.29, 0.717) is 12.8 Å². The van der Waals surface area contributed by atoms with Gasteiger partial charge in [0.2, 0.25) is 0 Å². The molecule has 0 amide bonds. The number of hydrogen-bond acceptors (Lipinski definition) is 3. The molecule has 0 aliphatic heterocycles. The third-order valence-corrected chi connectivity index (χ3v) is 4.81. The van der Waals surface area contributed by atoms with Gasteiger partial charge >= 0.3 is 0 Å². The summed E-state index contributed by atoms with van der Waals surface area (Å²) in [6.45, 7) is 0. The zero-order valence-electron chi connectivity index (χ0n) is 13.0. The Kier molecular flexibility index (Phi) is 4.89. The minimum atomic E-state index is -0.797. The van der Waals surface area contributed by atoms with E-state index in [1.165, 1.54) is 0 Å². The Morgan fingerprint density at radius 2 is 1.13 bits per heavy atom. The highest BCUT2D eigenvalue weighted by atomic mass is 16.3. The molecule has 0 aromatic heterocycles. The van der Waals surface area contributed by atoms with Gasteiger partial charge in [-0.1, -0.05) is 67.1 Å². The number of rotatable bonds is 4. The average molecular weight is 310 g/mol. The maximum Gasteiger partial charge on any atom is 0.144 e. The number of aliphatic hydroxyl groups is 2. The van der Waals surface area contributed by atoms with Gasteiger partial charge < -0.3 is 10.2 Å². The Hall–Kier alpha value is -1.97. The molecule has 0 spiro atoms. The lowest BCUT2D eigenvalue weighted by atomic mass is 9.73. The summed E-state index contributed by atoms with van der Waals surface area (Å²) in [5.41, 5.74) is 1.53. The molecule has 3 nitrogen and oxygen atoms in total. The molecule has 3 rings (SSSR count). The van der Waals surface area contributed by atoms with Crippen LogP contribution >= 0.6 is 0 Å². The predicted octanol–water partition coefficient (Wildman–Crippen LogP) is 3.44. The molecule has 2 aromatic rings. The van der Waals surface area contributed by atoms with E-state index in [4.69, 9.17) is 0 Å². The van der Waals surface area contributed by atoms with E-state index in [2.05, 4.69) is 0 Å². The highest BCUT2D eigenvalue weighted by Crippen LogP contribution is 2.39. The van der Waals surface area contributed by atoms with Gasteiger partial charge in [-0.15, -0.1) is 0 Å². The maximum atomic E-state index is 12.8. The smallest absolute Gasteiger partial charge is 0.144 e. The highest BCUT2D eigenvalue weighted by Gasteiger charge is 2.39. The lowest BCUT2D eigenvalue weighted by molar-refractivity contribution is -0.138. The molecular formula is C20H22O3. The number of hydrogen-bond donors (Lipinski definition) is 2. The second-order valence-electron chi connectivity index (χ2n) is 6.26. The summed E-state index contributed by atoms with van der Waals surface area (Å²) in [7, 11) is 0. The Morgan fingerprint density at radius 3 is 1.52 bits per heavy atom. The van der Waals surface area contributed by atoms with Gasteiger partial charge in [-0.05, 0) is 24.0 Å². The second kappa shape index (κ2) is 7.07. The Bertz CT molecular complexity index is 583. The molecule has 120 valence electrons. The maximum absolute atomic E-state index is 12.8. The first kappa shape index (κ1) is 15.9. The van der Waals surface area contributed by atoms with Crippen molar-refractivity contribution in [1.82, 2.24) is 0 Å². The van der Waals surface area contributed by atoms with Crippen LogP contribution in [0.4, 0.5) is 0 Å². The predicted molar refractivity (Wildman–Crippen MR) is 88.6 cm³/mol. The van der Waals surface area contributed by atoms with Gasteiger partial charge in [-0.2, -0.15) is 0 Å². The molecule has 23 heavy (non-hydrogen) atoms. The largest absolute Gasteiger partial charge is 0.388 e. The zero-order valence-corrected chi connectivity index (χ0v) is 13.0. The summed E-state index contributed by atoms with van der Waals surface area (Å²) in [5, 5.41) is 21.2. The fourth-order valence-electron chi connectivity index (χ4n) is 3.51.